The molecule has 0 atom stereocenters. The summed E-state index contributed by atoms with van der Waals surface area (Å²) in [5, 5.41) is 8.34. The number of nitrogens with zero attached hydrogens (tertiary/aromatic N) is 4. The normalized spacial score (nSPS) is 10.5. The van der Waals surface area contributed by atoms with Gasteiger partial charge in [-0.3, -0.25) is 0 Å². The molecule has 0 aliphatic heterocycles. The monoisotopic (exact) mass is 257 g/mol. The van der Waals surface area contributed by atoms with Crippen molar-refractivity contribution < 1.29 is 0 Å². The van der Waals surface area contributed by atoms with E-state index >= 15 is 0 Å². The van der Waals surface area contributed by atoms with Crippen molar-refractivity contribution in [2.45, 2.75) is 20.3 Å². The third-order valence-electron chi connectivity index (χ3n) is 2.98. The highest BCUT2D eigenvalue weighted by molar-refractivity contribution is 5.56. The van der Waals surface area contributed by atoms with Crippen LogP contribution in [-0.4, -0.2) is 28.3 Å². The number of para-hydroxylation sites is 1. The summed E-state index contributed by atoms with van der Waals surface area (Å²) in [5.41, 5.74) is 8.42. The lowest BCUT2D eigenvalue weighted by Crippen LogP contribution is -2.23. The van der Waals surface area contributed by atoms with Gasteiger partial charge in [-0.1, -0.05) is 18.2 Å². The van der Waals surface area contributed by atoms with Crippen LogP contribution in [0.15, 0.2) is 30.3 Å². The number of rotatable bonds is 5. The fraction of sp³-hybridized carbons (Fsp3) is 0.357. The average Bonchev–Trinajstić information content (AvgIpc) is 2.44. The Kier molecular flexibility index (Phi) is 4.41. The van der Waals surface area contributed by atoms with Crippen LogP contribution < -0.4 is 10.6 Å². The molecule has 0 aliphatic rings. The van der Waals surface area contributed by atoms with Gasteiger partial charge in [0.15, 0.2) is 0 Å². The minimum absolute atomic E-state index is 0.628. The second kappa shape index (κ2) is 6.24. The molecule has 100 valence electrons. The number of nitrogens with two attached hydrogens (primary N) is 1. The predicted octanol–water partition coefficient (Wildman–Crippen LogP) is 1.98. The molecular formula is C14H19N5. The molecule has 0 amide bonds. The lowest BCUT2D eigenvalue weighted by Gasteiger charge is -2.22. The fourth-order valence-electron chi connectivity index (χ4n) is 1.76. The van der Waals surface area contributed by atoms with Crippen LogP contribution in [0.4, 0.5) is 11.6 Å². The zero-order valence-electron chi connectivity index (χ0n) is 11.4. The van der Waals surface area contributed by atoms with E-state index in [-0.39, 0.29) is 0 Å². The van der Waals surface area contributed by atoms with Crippen molar-refractivity contribution in [1.29, 1.82) is 0 Å². The molecule has 0 saturated heterocycles. The fourth-order valence-corrected chi connectivity index (χ4v) is 1.76. The highest BCUT2D eigenvalue weighted by atomic mass is 15.3. The van der Waals surface area contributed by atoms with Crippen LogP contribution in [0.3, 0.4) is 0 Å². The van der Waals surface area contributed by atoms with Crippen molar-refractivity contribution in [2.75, 3.05) is 18.0 Å². The van der Waals surface area contributed by atoms with Crippen LogP contribution in [0.25, 0.3) is 0 Å². The van der Waals surface area contributed by atoms with E-state index in [9.17, 15) is 0 Å². The maximum Gasteiger partial charge on any atom is 0.250 e. The Morgan fingerprint density at radius 3 is 2.42 bits per heavy atom. The first-order valence-electron chi connectivity index (χ1n) is 6.43. The van der Waals surface area contributed by atoms with Crippen LogP contribution >= 0.6 is 0 Å². The minimum Gasteiger partial charge on any atom is -0.330 e. The Bertz CT molecular complexity index is 527. The number of hydrogen-bond donors (Lipinski definition) is 1. The Balaban J connectivity index is 2.34. The molecule has 2 rings (SSSR count). The van der Waals surface area contributed by atoms with Gasteiger partial charge in [0.25, 0.3) is 0 Å². The van der Waals surface area contributed by atoms with Crippen LogP contribution in [0.1, 0.15) is 17.8 Å². The standard InChI is InChI=1S/C14H19N5/c1-11-12(2)17-18-14(16-11)19(10-6-9-15)13-7-4-3-5-8-13/h3-5,7-8H,6,9-10,15H2,1-2H3. The zero-order chi connectivity index (χ0) is 13.7. The molecule has 5 heteroatoms. The van der Waals surface area contributed by atoms with Crippen LogP contribution in [0.5, 0.6) is 0 Å². The molecule has 19 heavy (non-hydrogen) atoms. The smallest absolute Gasteiger partial charge is 0.250 e. The van der Waals surface area contributed by atoms with Gasteiger partial charge in [0.2, 0.25) is 5.95 Å². The third-order valence-corrected chi connectivity index (χ3v) is 2.98. The Morgan fingerprint density at radius 1 is 1.05 bits per heavy atom. The van der Waals surface area contributed by atoms with Crippen molar-refractivity contribution in [1.82, 2.24) is 15.2 Å². The summed E-state index contributed by atoms with van der Waals surface area (Å²) in [5.74, 6) is 0.628. The number of hydrogen-bond acceptors (Lipinski definition) is 5. The number of benzene rings is 1. The quantitative estimate of drug-likeness (QED) is 0.887. The van der Waals surface area contributed by atoms with E-state index < -0.39 is 0 Å². The molecule has 2 aromatic rings. The lowest BCUT2D eigenvalue weighted by molar-refractivity contribution is 0.775. The lowest BCUT2D eigenvalue weighted by atomic mass is 10.2. The van der Waals surface area contributed by atoms with E-state index in [2.05, 4.69) is 15.2 Å². The van der Waals surface area contributed by atoms with Crippen molar-refractivity contribution in [2.24, 2.45) is 5.73 Å². The molecule has 1 heterocycles. The van der Waals surface area contributed by atoms with Gasteiger partial charge in [0.1, 0.15) is 0 Å². The summed E-state index contributed by atoms with van der Waals surface area (Å²) in [7, 11) is 0. The molecule has 0 saturated carbocycles. The van der Waals surface area contributed by atoms with Gasteiger partial charge in [0.05, 0.1) is 11.4 Å². The minimum atomic E-state index is 0.628. The molecule has 1 aromatic heterocycles. The molecule has 0 spiro atoms. The van der Waals surface area contributed by atoms with Crippen LogP contribution in [0, 0.1) is 13.8 Å². The summed E-state index contributed by atoms with van der Waals surface area (Å²) in [6.07, 6.45) is 0.880. The summed E-state index contributed by atoms with van der Waals surface area (Å²) in [6, 6.07) is 10.1. The van der Waals surface area contributed by atoms with Crippen LogP contribution in [0.2, 0.25) is 0 Å². The van der Waals surface area contributed by atoms with Crippen molar-refractivity contribution >= 4 is 11.6 Å². The molecule has 0 fully saturated rings. The van der Waals surface area contributed by atoms with Gasteiger partial charge in [-0.2, -0.15) is 5.10 Å². The van der Waals surface area contributed by atoms with E-state index in [1.807, 2.05) is 49.1 Å². The summed E-state index contributed by atoms with van der Waals surface area (Å²) < 4.78 is 0. The number of anilines is 2. The number of aromatic nitrogens is 3. The predicted molar refractivity (Wildman–Crippen MR) is 76.4 cm³/mol. The van der Waals surface area contributed by atoms with Gasteiger partial charge in [-0.05, 0) is 38.9 Å². The molecule has 0 bridgehead atoms. The van der Waals surface area contributed by atoms with Crippen molar-refractivity contribution in [3.8, 4) is 0 Å². The Hall–Kier alpha value is -2.01. The summed E-state index contributed by atoms with van der Waals surface area (Å²) >= 11 is 0. The SMILES string of the molecule is Cc1nnc(N(CCCN)c2ccccc2)nc1C. The first kappa shape index (κ1) is 13.4. The van der Waals surface area contributed by atoms with Gasteiger partial charge in [-0.25, -0.2) is 4.98 Å². The third kappa shape index (κ3) is 3.26. The van der Waals surface area contributed by atoms with Crippen LogP contribution in [-0.2, 0) is 0 Å². The summed E-state index contributed by atoms with van der Waals surface area (Å²) in [6.45, 7) is 5.28. The van der Waals surface area contributed by atoms with E-state index in [1.165, 1.54) is 0 Å². The largest absolute Gasteiger partial charge is 0.330 e. The molecule has 2 N–H and O–H groups in total. The first-order chi connectivity index (χ1) is 9.22. The molecular weight excluding hydrogens is 238 g/mol. The molecule has 0 aliphatic carbocycles. The van der Waals surface area contributed by atoms with Crippen molar-refractivity contribution in [3.05, 3.63) is 41.7 Å². The molecule has 0 unspecified atom stereocenters. The molecule has 1 aromatic carbocycles. The zero-order valence-corrected chi connectivity index (χ0v) is 11.4. The molecule has 0 radical (unpaired) electrons. The van der Waals surface area contributed by atoms with E-state index in [4.69, 9.17) is 5.73 Å². The molecule has 5 nitrogen and oxygen atoms in total. The van der Waals surface area contributed by atoms with E-state index in [0.717, 1.165) is 30.0 Å². The second-order valence-corrected chi connectivity index (χ2v) is 4.41. The van der Waals surface area contributed by atoms with Gasteiger partial charge in [-0.15, -0.1) is 5.10 Å². The van der Waals surface area contributed by atoms with Gasteiger partial charge in [0, 0.05) is 12.2 Å². The van der Waals surface area contributed by atoms with E-state index in [1.54, 1.807) is 0 Å². The maximum atomic E-state index is 5.60. The van der Waals surface area contributed by atoms with Gasteiger partial charge < -0.3 is 10.6 Å². The Morgan fingerprint density at radius 2 is 1.79 bits per heavy atom. The maximum absolute atomic E-state index is 5.60. The Labute approximate surface area is 113 Å². The topological polar surface area (TPSA) is 67.9 Å². The highest BCUT2D eigenvalue weighted by Crippen LogP contribution is 2.21. The van der Waals surface area contributed by atoms with E-state index in [0.29, 0.717) is 12.5 Å². The number of aryl methyl sites for hydroxylation is 2. The van der Waals surface area contributed by atoms with Crippen molar-refractivity contribution in [3.63, 3.8) is 0 Å². The summed E-state index contributed by atoms with van der Waals surface area (Å²) in [4.78, 5) is 6.56. The second-order valence-electron chi connectivity index (χ2n) is 4.41. The average molecular weight is 257 g/mol. The van der Waals surface area contributed by atoms with Gasteiger partial charge >= 0.3 is 0 Å². The highest BCUT2D eigenvalue weighted by Gasteiger charge is 2.13. The first-order valence-corrected chi connectivity index (χ1v) is 6.43.